The molecule has 1 aliphatic carbocycles. The van der Waals surface area contributed by atoms with Gasteiger partial charge < -0.3 is 5.32 Å². The van der Waals surface area contributed by atoms with E-state index in [1.54, 1.807) is 0 Å². The van der Waals surface area contributed by atoms with Gasteiger partial charge in [-0.1, -0.05) is 26.0 Å². The highest BCUT2D eigenvalue weighted by molar-refractivity contribution is 5.36. The topological polar surface area (TPSA) is 35.8 Å². The quantitative estimate of drug-likeness (QED) is 0.841. The largest absolute Gasteiger partial charge is 0.316 e. The van der Waals surface area contributed by atoms with Gasteiger partial charge in [-0.15, -0.1) is 0 Å². The predicted molar refractivity (Wildman–Crippen MR) is 69.7 cm³/mol. The summed E-state index contributed by atoms with van der Waals surface area (Å²) in [4.78, 5) is 0. The zero-order valence-corrected chi connectivity index (χ0v) is 10.6. The Bertz CT molecular complexity index is 417. The molecule has 1 N–H and O–H groups in total. The van der Waals surface area contributed by atoms with Crippen LogP contribution in [0.1, 0.15) is 37.3 Å². The molecule has 1 aliphatic rings. The van der Waals surface area contributed by atoms with E-state index >= 15 is 0 Å². The first-order valence-corrected chi connectivity index (χ1v) is 6.41. The molecule has 0 aliphatic heterocycles. The van der Waals surface area contributed by atoms with Crippen LogP contribution in [0, 0.1) is 23.2 Å². The zero-order chi connectivity index (χ0) is 12.3. The Labute approximate surface area is 104 Å². The second kappa shape index (κ2) is 5.33. The summed E-state index contributed by atoms with van der Waals surface area (Å²) in [6, 6.07) is 10.3. The lowest BCUT2D eigenvalue weighted by molar-refractivity contribution is 0.532. The van der Waals surface area contributed by atoms with Crippen LogP contribution < -0.4 is 5.32 Å². The smallest absolute Gasteiger partial charge is 0.0991 e. The Kier molecular flexibility index (Phi) is 3.81. The first-order chi connectivity index (χ1) is 8.20. The van der Waals surface area contributed by atoms with Crippen LogP contribution in [0.3, 0.4) is 0 Å². The average molecular weight is 228 g/mol. The molecule has 0 amide bonds. The van der Waals surface area contributed by atoms with Gasteiger partial charge in [0.1, 0.15) is 0 Å². The second-order valence-electron chi connectivity index (χ2n) is 5.39. The lowest BCUT2D eigenvalue weighted by Gasteiger charge is -2.06. The standard InChI is InChI=1S/C15H20N2/c1-11(2)9-17-10-14-7-15(14)13-5-3-4-12(6-13)8-16/h3-6,11,14-15,17H,7,9-10H2,1-2H3. The van der Waals surface area contributed by atoms with Crippen LogP contribution in [-0.2, 0) is 0 Å². The lowest BCUT2D eigenvalue weighted by Crippen LogP contribution is -2.22. The Morgan fingerprint density at radius 2 is 2.29 bits per heavy atom. The van der Waals surface area contributed by atoms with Crippen molar-refractivity contribution in [3.63, 3.8) is 0 Å². The number of nitriles is 1. The molecule has 1 fully saturated rings. The van der Waals surface area contributed by atoms with Crippen LogP contribution in [0.15, 0.2) is 24.3 Å². The van der Waals surface area contributed by atoms with Gasteiger partial charge in [0.25, 0.3) is 0 Å². The van der Waals surface area contributed by atoms with Crippen LogP contribution >= 0.6 is 0 Å². The summed E-state index contributed by atoms with van der Waals surface area (Å²) < 4.78 is 0. The predicted octanol–water partition coefficient (Wildman–Crippen LogP) is 2.91. The Morgan fingerprint density at radius 3 is 3.00 bits per heavy atom. The SMILES string of the molecule is CC(C)CNCC1CC1c1cccc(C#N)c1. The van der Waals surface area contributed by atoms with Crippen molar-refractivity contribution >= 4 is 0 Å². The van der Waals surface area contributed by atoms with E-state index < -0.39 is 0 Å². The van der Waals surface area contributed by atoms with Gasteiger partial charge in [-0.25, -0.2) is 0 Å². The molecule has 2 nitrogen and oxygen atoms in total. The second-order valence-corrected chi connectivity index (χ2v) is 5.39. The minimum absolute atomic E-state index is 0.669. The molecule has 0 aromatic heterocycles. The highest BCUT2D eigenvalue weighted by Gasteiger charge is 2.37. The van der Waals surface area contributed by atoms with Crippen molar-refractivity contribution in [3.8, 4) is 6.07 Å². The van der Waals surface area contributed by atoms with E-state index in [1.807, 2.05) is 18.2 Å². The normalized spacial score (nSPS) is 22.5. The van der Waals surface area contributed by atoms with Crippen molar-refractivity contribution in [2.24, 2.45) is 11.8 Å². The minimum atomic E-state index is 0.669. The highest BCUT2D eigenvalue weighted by atomic mass is 14.9. The molecule has 1 saturated carbocycles. The van der Waals surface area contributed by atoms with Crippen LogP contribution in [0.2, 0.25) is 0 Å². The van der Waals surface area contributed by atoms with E-state index in [2.05, 4.69) is 31.3 Å². The van der Waals surface area contributed by atoms with Gasteiger partial charge >= 0.3 is 0 Å². The summed E-state index contributed by atoms with van der Waals surface area (Å²) in [6.07, 6.45) is 1.26. The molecule has 2 unspecified atom stereocenters. The molecule has 1 aromatic rings. The van der Waals surface area contributed by atoms with Gasteiger partial charge in [0, 0.05) is 0 Å². The first-order valence-electron chi connectivity index (χ1n) is 6.41. The van der Waals surface area contributed by atoms with Gasteiger partial charge in [0.05, 0.1) is 11.6 Å². The zero-order valence-electron chi connectivity index (χ0n) is 10.6. The summed E-state index contributed by atoms with van der Waals surface area (Å²) in [6.45, 7) is 6.67. The summed E-state index contributed by atoms with van der Waals surface area (Å²) in [7, 11) is 0. The van der Waals surface area contributed by atoms with Crippen molar-refractivity contribution in [2.75, 3.05) is 13.1 Å². The molecule has 90 valence electrons. The molecule has 0 spiro atoms. The summed E-state index contributed by atoms with van der Waals surface area (Å²) in [5.74, 6) is 2.15. The van der Waals surface area contributed by atoms with Crippen molar-refractivity contribution < 1.29 is 0 Å². The lowest BCUT2D eigenvalue weighted by atomic mass is 10.1. The molecular weight excluding hydrogens is 208 g/mol. The fourth-order valence-electron chi connectivity index (χ4n) is 2.28. The third-order valence-electron chi connectivity index (χ3n) is 3.33. The average Bonchev–Trinajstić information content (AvgIpc) is 3.08. The molecule has 2 rings (SSSR count). The molecule has 1 aromatic carbocycles. The van der Waals surface area contributed by atoms with Crippen molar-refractivity contribution in [1.29, 1.82) is 5.26 Å². The van der Waals surface area contributed by atoms with Gasteiger partial charge in [0.2, 0.25) is 0 Å². The summed E-state index contributed by atoms with van der Waals surface area (Å²) in [5, 5.41) is 12.4. The van der Waals surface area contributed by atoms with Gasteiger partial charge in [0.15, 0.2) is 0 Å². The van der Waals surface area contributed by atoms with Crippen LogP contribution in [0.25, 0.3) is 0 Å². The first kappa shape index (κ1) is 12.1. The number of rotatable bonds is 5. The van der Waals surface area contributed by atoms with E-state index in [0.717, 1.165) is 24.6 Å². The fraction of sp³-hybridized carbons (Fsp3) is 0.533. The van der Waals surface area contributed by atoms with E-state index in [-0.39, 0.29) is 0 Å². The van der Waals surface area contributed by atoms with Crippen LogP contribution in [0.5, 0.6) is 0 Å². The number of benzene rings is 1. The molecule has 17 heavy (non-hydrogen) atoms. The molecule has 2 heteroatoms. The molecule has 0 radical (unpaired) electrons. The Morgan fingerprint density at radius 1 is 1.47 bits per heavy atom. The molecule has 0 heterocycles. The number of hydrogen-bond donors (Lipinski definition) is 1. The highest BCUT2D eigenvalue weighted by Crippen LogP contribution is 2.47. The van der Waals surface area contributed by atoms with Crippen LogP contribution in [0.4, 0.5) is 0 Å². The summed E-state index contributed by atoms with van der Waals surface area (Å²) >= 11 is 0. The molecular formula is C15H20N2. The van der Waals surface area contributed by atoms with Gasteiger partial charge in [-0.05, 0) is 55.0 Å². The molecule has 0 bridgehead atoms. The van der Waals surface area contributed by atoms with E-state index in [4.69, 9.17) is 5.26 Å². The monoisotopic (exact) mass is 228 g/mol. The van der Waals surface area contributed by atoms with E-state index in [9.17, 15) is 0 Å². The van der Waals surface area contributed by atoms with Gasteiger partial charge in [-0.2, -0.15) is 5.26 Å². The molecule has 2 atom stereocenters. The van der Waals surface area contributed by atoms with Crippen LogP contribution in [-0.4, -0.2) is 13.1 Å². The van der Waals surface area contributed by atoms with Crippen molar-refractivity contribution in [3.05, 3.63) is 35.4 Å². The summed E-state index contributed by atoms with van der Waals surface area (Å²) in [5.41, 5.74) is 2.11. The van der Waals surface area contributed by atoms with Crippen molar-refractivity contribution in [1.82, 2.24) is 5.32 Å². The molecule has 0 saturated heterocycles. The minimum Gasteiger partial charge on any atom is -0.316 e. The fourth-order valence-corrected chi connectivity index (χ4v) is 2.28. The van der Waals surface area contributed by atoms with E-state index in [0.29, 0.717) is 11.8 Å². The maximum absolute atomic E-state index is 8.87. The Balaban J connectivity index is 1.83. The third kappa shape index (κ3) is 3.31. The number of nitrogens with one attached hydrogen (secondary N) is 1. The third-order valence-corrected chi connectivity index (χ3v) is 3.33. The number of nitrogens with zero attached hydrogens (tertiary/aromatic N) is 1. The Hall–Kier alpha value is -1.33. The van der Waals surface area contributed by atoms with Gasteiger partial charge in [-0.3, -0.25) is 0 Å². The maximum Gasteiger partial charge on any atom is 0.0991 e. The number of hydrogen-bond acceptors (Lipinski definition) is 2. The van der Waals surface area contributed by atoms with E-state index in [1.165, 1.54) is 12.0 Å². The van der Waals surface area contributed by atoms with Crippen molar-refractivity contribution in [2.45, 2.75) is 26.2 Å². The maximum atomic E-state index is 8.87.